The number of benzene rings is 1. The molecule has 2 heterocycles. The van der Waals surface area contributed by atoms with Gasteiger partial charge in [-0.15, -0.1) is 5.10 Å². The van der Waals surface area contributed by atoms with Crippen molar-refractivity contribution in [1.29, 1.82) is 0 Å². The van der Waals surface area contributed by atoms with Crippen molar-refractivity contribution < 1.29 is 23.8 Å². The highest BCUT2D eigenvalue weighted by molar-refractivity contribution is 7.81. The number of methoxy groups -OCH3 is 1. The van der Waals surface area contributed by atoms with Crippen molar-refractivity contribution in [1.82, 2.24) is 19.9 Å². The third-order valence-electron chi connectivity index (χ3n) is 4.94. The summed E-state index contributed by atoms with van der Waals surface area (Å²) >= 11 is 4.64. The Labute approximate surface area is 178 Å². The van der Waals surface area contributed by atoms with Crippen LogP contribution in [0, 0.1) is 5.82 Å². The van der Waals surface area contributed by atoms with Crippen LogP contribution in [0.1, 0.15) is 30.1 Å². The van der Waals surface area contributed by atoms with Crippen molar-refractivity contribution >= 4 is 30.6 Å². The maximum atomic E-state index is 14.4. The summed E-state index contributed by atoms with van der Waals surface area (Å²) in [5.74, 6) is -1.91. The maximum Gasteiger partial charge on any atom is 0.327 e. The molecule has 30 heavy (non-hydrogen) atoms. The number of thiol groups is 1. The number of aryl methyl sites for hydroxylation is 1. The molecule has 1 aromatic carbocycles. The zero-order valence-electron chi connectivity index (χ0n) is 16.4. The van der Waals surface area contributed by atoms with Gasteiger partial charge in [0.05, 0.1) is 26.3 Å². The van der Waals surface area contributed by atoms with Crippen molar-refractivity contribution in [2.75, 3.05) is 20.2 Å². The summed E-state index contributed by atoms with van der Waals surface area (Å²) in [5.41, 5.74) is 1.73. The van der Waals surface area contributed by atoms with E-state index in [9.17, 15) is 14.0 Å². The molecule has 0 spiro atoms. The van der Waals surface area contributed by atoms with Crippen LogP contribution in [-0.2, 0) is 20.9 Å². The smallest absolute Gasteiger partial charge is 0.327 e. The van der Waals surface area contributed by atoms with Crippen molar-refractivity contribution in [2.45, 2.75) is 30.7 Å². The second kappa shape index (κ2) is 9.86. The molecular weight excluding hydrogens is 411 g/mol. The second-order valence-electron chi connectivity index (χ2n) is 6.99. The monoisotopic (exact) mass is 434 g/mol. The quantitative estimate of drug-likeness (QED) is 0.509. The fourth-order valence-corrected chi connectivity index (χ4v) is 3.70. The SMILES string of the molecule is COC(=O)C(c1ccccc1F)N1CCC(S)/C(=C/c2cn(CCC(=O)O)nn2)C1. The zero-order chi connectivity index (χ0) is 21.7. The number of carboxylic acids is 1. The van der Waals surface area contributed by atoms with E-state index in [1.807, 2.05) is 11.0 Å². The molecule has 0 amide bonds. The van der Waals surface area contributed by atoms with Crippen LogP contribution in [0.3, 0.4) is 0 Å². The molecule has 0 radical (unpaired) electrons. The van der Waals surface area contributed by atoms with Gasteiger partial charge in [-0.2, -0.15) is 12.6 Å². The van der Waals surface area contributed by atoms with Crippen LogP contribution in [0.4, 0.5) is 4.39 Å². The third-order valence-corrected chi connectivity index (χ3v) is 5.53. The molecule has 1 fully saturated rings. The molecule has 2 aromatic rings. The van der Waals surface area contributed by atoms with Crippen LogP contribution in [0.2, 0.25) is 0 Å². The van der Waals surface area contributed by atoms with Gasteiger partial charge < -0.3 is 9.84 Å². The van der Waals surface area contributed by atoms with Gasteiger partial charge in [-0.3, -0.25) is 14.4 Å². The number of hydrogen-bond acceptors (Lipinski definition) is 7. The number of aromatic nitrogens is 3. The molecule has 3 rings (SSSR count). The van der Waals surface area contributed by atoms with E-state index in [1.165, 1.54) is 17.9 Å². The van der Waals surface area contributed by atoms with E-state index in [4.69, 9.17) is 9.84 Å². The number of carbonyl (C=O) groups is 2. The van der Waals surface area contributed by atoms with Crippen LogP contribution in [0.15, 0.2) is 36.0 Å². The van der Waals surface area contributed by atoms with Crippen molar-refractivity contribution in [2.24, 2.45) is 0 Å². The molecule has 10 heteroatoms. The average molecular weight is 434 g/mol. The Morgan fingerprint density at radius 3 is 2.90 bits per heavy atom. The Morgan fingerprint density at radius 2 is 2.20 bits per heavy atom. The number of carbonyl (C=O) groups excluding carboxylic acids is 1. The Kier molecular flexibility index (Phi) is 7.22. The summed E-state index contributed by atoms with van der Waals surface area (Å²) in [6.45, 7) is 1.15. The van der Waals surface area contributed by atoms with E-state index in [2.05, 4.69) is 22.9 Å². The molecule has 2 atom stereocenters. The summed E-state index contributed by atoms with van der Waals surface area (Å²) in [5, 5.41) is 16.7. The molecule has 0 bridgehead atoms. The largest absolute Gasteiger partial charge is 0.481 e. The van der Waals surface area contributed by atoms with Crippen LogP contribution in [0.5, 0.6) is 0 Å². The molecule has 8 nitrogen and oxygen atoms in total. The number of esters is 1. The number of hydrogen-bond donors (Lipinski definition) is 2. The van der Waals surface area contributed by atoms with Crippen LogP contribution in [-0.4, -0.2) is 62.4 Å². The lowest BCUT2D eigenvalue weighted by Gasteiger charge is -2.36. The normalized spacial score (nSPS) is 19.6. The number of rotatable bonds is 7. The van der Waals surface area contributed by atoms with Gasteiger partial charge in [-0.1, -0.05) is 23.4 Å². The fourth-order valence-electron chi connectivity index (χ4n) is 3.42. The molecule has 160 valence electrons. The minimum Gasteiger partial charge on any atom is -0.481 e. The number of likely N-dealkylation sites (tertiary alicyclic amines) is 1. The lowest BCUT2D eigenvalue weighted by Crippen LogP contribution is -2.42. The molecule has 1 N–H and O–H groups in total. The summed E-state index contributed by atoms with van der Waals surface area (Å²) in [4.78, 5) is 25.1. The summed E-state index contributed by atoms with van der Waals surface area (Å²) < 4.78 is 20.8. The molecule has 2 unspecified atom stereocenters. The van der Waals surface area contributed by atoms with Gasteiger partial charge in [0.1, 0.15) is 17.6 Å². The lowest BCUT2D eigenvalue weighted by atomic mass is 9.97. The maximum absolute atomic E-state index is 14.4. The number of halogens is 1. The van der Waals surface area contributed by atoms with E-state index >= 15 is 0 Å². The number of carboxylic acid groups (broad SMARTS) is 1. The third kappa shape index (κ3) is 5.25. The first-order chi connectivity index (χ1) is 14.4. The van der Waals surface area contributed by atoms with Crippen molar-refractivity contribution in [3.05, 3.63) is 53.1 Å². The van der Waals surface area contributed by atoms with Crippen LogP contribution in [0.25, 0.3) is 6.08 Å². The zero-order valence-corrected chi connectivity index (χ0v) is 17.3. The van der Waals surface area contributed by atoms with Gasteiger partial charge in [0.25, 0.3) is 0 Å². The molecular formula is C20H23FN4O4S. The van der Waals surface area contributed by atoms with Gasteiger partial charge in [0.2, 0.25) is 0 Å². The first-order valence-corrected chi connectivity index (χ1v) is 9.97. The molecule has 1 saturated heterocycles. The summed E-state index contributed by atoms with van der Waals surface area (Å²) in [6.07, 6.45) is 4.09. The van der Waals surface area contributed by atoms with Gasteiger partial charge in [-0.25, -0.2) is 9.18 Å². The Bertz CT molecular complexity index is 948. The number of aliphatic carboxylic acids is 1. The molecule has 1 aliphatic rings. The molecule has 1 aliphatic heterocycles. The minimum atomic E-state index is -0.911. The van der Waals surface area contributed by atoms with Gasteiger partial charge in [-0.05, 0) is 24.1 Å². The van der Waals surface area contributed by atoms with Gasteiger partial charge >= 0.3 is 11.9 Å². The summed E-state index contributed by atoms with van der Waals surface area (Å²) in [7, 11) is 1.29. The second-order valence-corrected chi connectivity index (χ2v) is 7.61. The number of ether oxygens (including phenoxy) is 1. The topological polar surface area (TPSA) is 97.5 Å². The molecule has 0 aliphatic carbocycles. The van der Waals surface area contributed by atoms with E-state index < -0.39 is 23.8 Å². The standard InChI is InChI=1S/C20H23FN4O4S/c1-29-20(28)19(15-4-2-3-5-16(15)21)24-8-6-17(30)13(11-24)10-14-12-25(23-22-14)9-7-18(26)27/h2-5,10,12,17,19,30H,6-9,11H2,1H3,(H,26,27)/b13-10+. The van der Waals surface area contributed by atoms with E-state index in [0.717, 1.165) is 5.57 Å². The van der Waals surface area contributed by atoms with Crippen molar-refractivity contribution in [3.63, 3.8) is 0 Å². The molecule has 1 aromatic heterocycles. The van der Waals surface area contributed by atoms with Gasteiger partial charge in [0.15, 0.2) is 0 Å². The average Bonchev–Trinajstić information content (AvgIpc) is 3.17. The summed E-state index contributed by atoms with van der Waals surface area (Å²) in [6, 6.07) is 5.30. The van der Waals surface area contributed by atoms with E-state index in [0.29, 0.717) is 25.2 Å². The van der Waals surface area contributed by atoms with E-state index in [-0.39, 0.29) is 23.8 Å². The Balaban J connectivity index is 1.83. The predicted molar refractivity (Wildman–Crippen MR) is 110 cm³/mol. The molecule has 0 saturated carbocycles. The minimum absolute atomic E-state index is 0.0498. The highest BCUT2D eigenvalue weighted by Gasteiger charge is 2.34. The first-order valence-electron chi connectivity index (χ1n) is 9.45. The first kappa shape index (κ1) is 22.0. The highest BCUT2D eigenvalue weighted by Crippen LogP contribution is 2.31. The number of piperidine rings is 1. The Hall–Kier alpha value is -2.72. The van der Waals surface area contributed by atoms with Crippen molar-refractivity contribution in [3.8, 4) is 0 Å². The highest BCUT2D eigenvalue weighted by atomic mass is 32.1. The Morgan fingerprint density at radius 1 is 1.43 bits per heavy atom. The van der Waals surface area contributed by atoms with Gasteiger partial charge in [0, 0.05) is 23.9 Å². The van der Waals surface area contributed by atoms with Crippen LogP contribution < -0.4 is 0 Å². The predicted octanol–water partition coefficient (Wildman–Crippen LogP) is 2.19. The van der Waals surface area contributed by atoms with Crippen LogP contribution >= 0.6 is 12.6 Å². The van der Waals surface area contributed by atoms with E-state index in [1.54, 1.807) is 24.4 Å². The lowest BCUT2D eigenvalue weighted by molar-refractivity contribution is -0.147. The fraction of sp³-hybridized carbons (Fsp3) is 0.400. The number of nitrogens with zero attached hydrogens (tertiary/aromatic N) is 4.